The van der Waals surface area contributed by atoms with Crippen LogP contribution in [0.4, 0.5) is 0 Å². The molecule has 1 unspecified atom stereocenters. The van der Waals surface area contributed by atoms with E-state index < -0.39 is 17.7 Å². The quantitative estimate of drug-likeness (QED) is 0.263. The van der Waals surface area contributed by atoms with Gasteiger partial charge in [0, 0.05) is 23.6 Å². The monoisotopic (exact) mass is 443 g/mol. The highest BCUT2D eigenvalue weighted by Crippen LogP contribution is 2.42. The average Bonchev–Trinajstić information content (AvgIpc) is 3.26. The minimum Gasteiger partial charge on any atom is -0.507 e. The first kappa shape index (κ1) is 23.0. The number of amides is 1. The number of hydrogen-bond acceptors (Lipinski definition) is 6. The Kier molecular flexibility index (Phi) is 7.51. The molecule has 1 saturated heterocycles. The fourth-order valence-corrected chi connectivity index (χ4v) is 4.70. The highest BCUT2D eigenvalue weighted by Gasteiger charge is 2.46. The van der Waals surface area contributed by atoms with Crippen molar-refractivity contribution in [2.24, 2.45) is 0 Å². The topological polar surface area (TPSA) is 76.1 Å². The smallest absolute Gasteiger partial charge is 0.295 e. The molecule has 2 aromatic rings. The Morgan fingerprint density at radius 2 is 2.03 bits per heavy atom. The van der Waals surface area contributed by atoms with Gasteiger partial charge in [-0.3, -0.25) is 9.59 Å². The molecule has 1 amide bonds. The molecular weight excluding hydrogens is 414 g/mol. The number of aryl methyl sites for hydroxylation is 1. The van der Waals surface area contributed by atoms with E-state index in [4.69, 9.17) is 9.47 Å². The van der Waals surface area contributed by atoms with Gasteiger partial charge in [-0.2, -0.15) is 0 Å². The van der Waals surface area contributed by atoms with Crippen molar-refractivity contribution in [2.45, 2.75) is 46.3 Å². The molecule has 0 bridgehead atoms. The van der Waals surface area contributed by atoms with Crippen molar-refractivity contribution in [3.05, 3.63) is 57.3 Å². The van der Waals surface area contributed by atoms with E-state index in [2.05, 4.69) is 0 Å². The summed E-state index contributed by atoms with van der Waals surface area (Å²) in [4.78, 5) is 28.4. The molecule has 1 fully saturated rings. The van der Waals surface area contributed by atoms with E-state index in [1.807, 2.05) is 39.1 Å². The average molecular weight is 444 g/mol. The Hall–Kier alpha value is -2.64. The molecule has 0 aliphatic carbocycles. The van der Waals surface area contributed by atoms with Crippen LogP contribution in [0.2, 0.25) is 0 Å². The Labute approximate surface area is 187 Å². The number of carbonyl (C=O) groups excluding carboxylic acids is 2. The zero-order valence-electron chi connectivity index (χ0n) is 18.4. The number of thiophene rings is 1. The van der Waals surface area contributed by atoms with Crippen LogP contribution in [0.1, 0.15) is 49.2 Å². The van der Waals surface area contributed by atoms with Crippen molar-refractivity contribution >= 4 is 28.8 Å². The van der Waals surface area contributed by atoms with Gasteiger partial charge in [-0.15, -0.1) is 11.3 Å². The van der Waals surface area contributed by atoms with E-state index in [1.54, 1.807) is 29.2 Å². The fraction of sp³-hybridized carbons (Fsp3) is 0.417. The normalized spacial score (nSPS) is 18.2. The number of ketones is 1. The summed E-state index contributed by atoms with van der Waals surface area (Å²) in [7, 11) is 0. The molecule has 0 radical (unpaired) electrons. The van der Waals surface area contributed by atoms with E-state index in [0.717, 1.165) is 10.4 Å². The van der Waals surface area contributed by atoms with Crippen LogP contribution in [0.5, 0.6) is 5.75 Å². The first-order valence-electron chi connectivity index (χ1n) is 10.5. The molecule has 1 aromatic heterocycles. The maximum absolute atomic E-state index is 13.0. The number of benzene rings is 1. The van der Waals surface area contributed by atoms with Crippen molar-refractivity contribution in [3.8, 4) is 5.75 Å². The lowest BCUT2D eigenvalue weighted by Crippen LogP contribution is -2.31. The summed E-state index contributed by atoms with van der Waals surface area (Å²) in [6.45, 7) is 9.09. The molecule has 3 rings (SSSR count). The number of carbonyl (C=O) groups is 2. The second-order valence-corrected chi connectivity index (χ2v) is 8.64. The summed E-state index contributed by atoms with van der Waals surface area (Å²) < 4.78 is 11.1. The minimum atomic E-state index is -0.665. The molecule has 1 aromatic carbocycles. The Bertz CT molecular complexity index is 978. The highest BCUT2D eigenvalue weighted by molar-refractivity contribution is 7.10. The number of hydrogen-bond donors (Lipinski definition) is 1. The maximum Gasteiger partial charge on any atom is 0.295 e. The number of rotatable bonds is 9. The summed E-state index contributed by atoms with van der Waals surface area (Å²) in [5.74, 6) is -0.846. The first-order chi connectivity index (χ1) is 14.8. The Morgan fingerprint density at radius 3 is 2.68 bits per heavy atom. The van der Waals surface area contributed by atoms with Crippen LogP contribution in [-0.2, 0) is 14.3 Å². The van der Waals surface area contributed by atoms with Crippen molar-refractivity contribution in [3.63, 3.8) is 0 Å². The summed E-state index contributed by atoms with van der Waals surface area (Å²) in [6, 6.07) is 8.27. The van der Waals surface area contributed by atoms with Crippen LogP contribution in [-0.4, -0.2) is 47.6 Å². The van der Waals surface area contributed by atoms with Gasteiger partial charge in [0.1, 0.15) is 11.5 Å². The van der Waals surface area contributed by atoms with Gasteiger partial charge in [-0.1, -0.05) is 12.1 Å². The van der Waals surface area contributed by atoms with Crippen molar-refractivity contribution < 1.29 is 24.2 Å². The van der Waals surface area contributed by atoms with E-state index in [0.29, 0.717) is 37.5 Å². The Balaban J connectivity index is 2.02. The van der Waals surface area contributed by atoms with Gasteiger partial charge >= 0.3 is 0 Å². The second-order valence-electron chi connectivity index (χ2n) is 7.69. The van der Waals surface area contributed by atoms with E-state index in [9.17, 15) is 14.7 Å². The Morgan fingerprint density at radius 1 is 1.26 bits per heavy atom. The standard InChI is InChI=1S/C24H29NO5S/c1-5-29-18-9-6-8-17(14-18)21(26)19-20(23-16(4)10-13-31-23)25(24(28)22(19)27)11-7-12-30-15(2)3/h6,8-10,13-15,20,26H,5,7,11-12H2,1-4H3/b21-19-. The summed E-state index contributed by atoms with van der Waals surface area (Å²) in [5, 5.41) is 13.1. The number of likely N-dealkylation sites (tertiary alicyclic amines) is 1. The van der Waals surface area contributed by atoms with Crippen molar-refractivity contribution in [1.82, 2.24) is 4.90 Å². The van der Waals surface area contributed by atoms with Crippen LogP contribution in [0.15, 0.2) is 41.3 Å². The van der Waals surface area contributed by atoms with Gasteiger partial charge < -0.3 is 19.5 Å². The van der Waals surface area contributed by atoms with E-state index in [-0.39, 0.29) is 17.4 Å². The van der Waals surface area contributed by atoms with Gasteiger partial charge in [-0.25, -0.2) is 0 Å². The van der Waals surface area contributed by atoms with Crippen LogP contribution in [0, 0.1) is 6.92 Å². The zero-order valence-corrected chi connectivity index (χ0v) is 19.2. The fourth-order valence-electron chi connectivity index (χ4n) is 3.66. The van der Waals surface area contributed by atoms with Crippen LogP contribution >= 0.6 is 11.3 Å². The lowest BCUT2D eigenvalue weighted by atomic mass is 9.98. The molecule has 1 atom stereocenters. The number of nitrogens with zero attached hydrogens (tertiary/aromatic N) is 1. The van der Waals surface area contributed by atoms with Crippen LogP contribution in [0.25, 0.3) is 5.76 Å². The molecule has 0 spiro atoms. The van der Waals surface area contributed by atoms with Gasteiger partial charge in [0.2, 0.25) is 0 Å². The molecule has 31 heavy (non-hydrogen) atoms. The number of aliphatic hydroxyl groups is 1. The molecule has 1 aliphatic rings. The molecule has 0 saturated carbocycles. The number of ether oxygens (including phenoxy) is 2. The summed E-state index contributed by atoms with van der Waals surface area (Å²) in [6.07, 6.45) is 0.704. The van der Waals surface area contributed by atoms with Gasteiger partial charge in [0.05, 0.1) is 24.3 Å². The summed E-state index contributed by atoms with van der Waals surface area (Å²) in [5.41, 5.74) is 1.55. The third-order valence-corrected chi connectivity index (χ3v) is 6.17. The van der Waals surface area contributed by atoms with Crippen molar-refractivity contribution in [1.29, 1.82) is 0 Å². The lowest BCUT2D eigenvalue weighted by Gasteiger charge is -2.25. The molecule has 166 valence electrons. The summed E-state index contributed by atoms with van der Waals surface area (Å²) >= 11 is 1.48. The lowest BCUT2D eigenvalue weighted by molar-refractivity contribution is -0.140. The third kappa shape index (κ3) is 4.99. The second kappa shape index (κ2) is 10.1. The van der Waals surface area contributed by atoms with Gasteiger partial charge in [0.25, 0.3) is 11.7 Å². The van der Waals surface area contributed by atoms with Gasteiger partial charge in [0.15, 0.2) is 0 Å². The van der Waals surface area contributed by atoms with Crippen LogP contribution in [0.3, 0.4) is 0 Å². The van der Waals surface area contributed by atoms with Gasteiger partial charge in [-0.05, 0) is 63.3 Å². The largest absolute Gasteiger partial charge is 0.507 e. The molecule has 1 aliphatic heterocycles. The predicted molar refractivity (Wildman–Crippen MR) is 121 cm³/mol. The minimum absolute atomic E-state index is 0.100. The molecule has 6 nitrogen and oxygen atoms in total. The predicted octanol–water partition coefficient (Wildman–Crippen LogP) is 4.69. The number of aliphatic hydroxyl groups excluding tert-OH is 1. The molecule has 2 heterocycles. The third-order valence-electron chi connectivity index (χ3n) is 5.10. The molecule has 7 heteroatoms. The van der Waals surface area contributed by atoms with E-state index in [1.165, 1.54) is 11.3 Å². The zero-order chi connectivity index (χ0) is 22.5. The van der Waals surface area contributed by atoms with Crippen LogP contribution < -0.4 is 4.74 Å². The van der Waals surface area contributed by atoms with E-state index >= 15 is 0 Å². The molecule has 1 N–H and O–H groups in total. The maximum atomic E-state index is 13.0. The SMILES string of the molecule is CCOc1cccc(/C(O)=C2/C(=O)C(=O)N(CCCOC(C)C)C2c2sccc2C)c1. The first-order valence-corrected chi connectivity index (χ1v) is 11.4. The molecular formula is C24H29NO5S. The van der Waals surface area contributed by atoms with Crippen molar-refractivity contribution in [2.75, 3.05) is 19.8 Å². The number of Topliss-reactive ketones (excluding diaryl/α,β-unsaturated/α-hetero) is 1. The highest BCUT2D eigenvalue weighted by atomic mass is 32.1.